The molecule has 0 amide bonds. The van der Waals surface area contributed by atoms with Crippen molar-refractivity contribution in [1.82, 2.24) is 15.0 Å². The van der Waals surface area contributed by atoms with Crippen molar-refractivity contribution >= 4 is 22.5 Å². The summed E-state index contributed by atoms with van der Waals surface area (Å²) in [4.78, 5) is 0. The molecule has 3 aromatic rings. The molecule has 0 fully saturated rings. The first-order chi connectivity index (χ1) is 10.2. The summed E-state index contributed by atoms with van der Waals surface area (Å²) in [5, 5.41) is 9.27. The fraction of sp³-hybridized carbons (Fsp3) is 0.312. The van der Waals surface area contributed by atoms with E-state index in [1.165, 1.54) is 10.9 Å². The highest BCUT2D eigenvalue weighted by molar-refractivity contribution is 6.31. The molecular formula is C16H18ClN3O. The van der Waals surface area contributed by atoms with Gasteiger partial charge >= 0.3 is 0 Å². The summed E-state index contributed by atoms with van der Waals surface area (Å²) in [7, 11) is 0. The van der Waals surface area contributed by atoms with Crippen LogP contribution in [-0.4, -0.2) is 16.3 Å². The van der Waals surface area contributed by atoms with E-state index in [1.54, 1.807) is 0 Å². The second kappa shape index (κ2) is 5.92. The van der Waals surface area contributed by atoms with Crippen molar-refractivity contribution in [1.29, 1.82) is 0 Å². The summed E-state index contributed by atoms with van der Waals surface area (Å²) in [6.07, 6.45) is 2.15. The fourth-order valence-corrected chi connectivity index (χ4v) is 2.70. The molecule has 0 atom stereocenters. The summed E-state index contributed by atoms with van der Waals surface area (Å²) in [6, 6.07) is 7.96. The second-order valence-electron chi connectivity index (χ2n) is 5.16. The van der Waals surface area contributed by atoms with Gasteiger partial charge in [-0.2, -0.15) is 0 Å². The standard InChI is InChI=1S/C16H18ClN3O/c1-3-18-8-12-9-20(10-14-6-11(2)19-21-14)16-7-13(17)4-5-15(12)16/h4-7,9,18H,3,8,10H2,1-2H3. The van der Waals surface area contributed by atoms with E-state index in [-0.39, 0.29) is 0 Å². The van der Waals surface area contributed by atoms with Crippen molar-refractivity contribution in [2.75, 3.05) is 6.54 Å². The van der Waals surface area contributed by atoms with Crippen LogP contribution in [0.5, 0.6) is 0 Å². The van der Waals surface area contributed by atoms with Crippen molar-refractivity contribution in [3.63, 3.8) is 0 Å². The molecule has 0 aliphatic carbocycles. The monoisotopic (exact) mass is 303 g/mol. The van der Waals surface area contributed by atoms with E-state index < -0.39 is 0 Å². The lowest BCUT2D eigenvalue weighted by Crippen LogP contribution is -2.11. The highest BCUT2D eigenvalue weighted by atomic mass is 35.5. The van der Waals surface area contributed by atoms with Crippen molar-refractivity contribution in [3.8, 4) is 0 Å². The van der Waals surface area contributed by atoms with Crippen LogP contribution in [0.15, 0.2) is 35.0 Å². The maximum Gasteiger partial charge on any atom is 0.156 e. The molecule has 0 spiro atoms. The highest BCUT2D eigenvalue weighted by Crippen LogP contribution is 2.25. The lowest BCUT2D eigenvalue weighted by molar-refractivity contribution is 0.374. The van der Waals surface area contributed by atoms with Crippen LogP contribution in [0.2, 0.25) is 5.02 Å². The average molecular weight is 304 g/mol. The van der Waals surface area contributed by atoms with Gasteiger partial charge in [0.05, 0.1) is 17.8 Å². The van der Waals surface area contributed by atoms with Crippen LogP contribution in [0.3, 0.4) is 0 Å². The van der Waals surface area contributed by atoms with Gasteiger partial charge in [-0.15, -0.1) is 0 Å². The number of hydrogen-bond donors (Lipinski definition) is 1. The molecule has 0 unspecified atom stereocenters. The van der Waals surface area contributed by atoms with Gasteiger partial charge in [0.1, 0.15) is 0 Å². The van der Waals surface area contributed by atoms with Gasteiger partial charge in [-0.05, 0) is 31.2 Å². The van der Waals surface area contributed by atoms with Crippen LogP contribution < -0.4 is 5.32 Å². The predicted octanol–water partition coefficient (Wildman–Crippen LogP) is 3.75. The van der Waals surface area contributed by atoms with Crippen molar-refractivity contribution in [3.05, 3.63) is 52.5 Å². The summed E-state index contributed by atoms with van der Waals surface area (Å²) in [5.41, 5.74) is 3.27. The largest absolute Gasteiger partial charge is 0.359 e. The Labute approximate surface area is 128 Å². The van der Waals surface area contributed by atoms with Gasteiger partial charge in [0.25, 0.3) is 0 Å². The highest BCUT2D eigenvalue weighted by Gasteiger charge is 2.11. The van der Waals surface area contributed by atoms with Gasteiger partial charge < -0.3 is 14.4 Å². The summed E-state index contributed by atoms with van der Waals surface area (Å²) in [5.74, 6) is 0.847. The lowest BCUT2D eigenvalue weighted by Gasteiger charge is -2.02. The first kappa shape index (κ1) is 14.2. The molecule has 1 aromatic carbocycles. The number of hydrogen-bond acceptors (Lipinski definition) is 3. The Balaban J connectivity index is 2.01. The summed E-state index contributed by atoms with van der Waals surface area (Å²) >= 11 is 6.15. The minimum atomic E-state index is 0.657. The van der Waals surface area contributed by atoms with Crippen molar-refractivity contribution < 1.29 is 4.52 Å². The van der Waals surface area contributed by atoms with Gasteiger partial charge in [-0.25, -0.2) is 0 Å². The second-order valence-corrected chi connectivity index (χ2v) is 5.60. The number of fused-ring (bicyclic) bond motifs is 1. The molecule has 0 aliphatic heterocycles. The predicted molar refractivity (Wildman–Crippen MR) is 84.7 cm³/mol. The maximum absolute atomic E-state index is 6.15. The Bertz CT molecular complexity index is 760. The molecule has 0 bridgehead atoms. The Morgan fingerprint density at radius 2 is 2.19 bits per heavy atom. The molecule has 1 N–H and O–H groups in total. The first-order valence-corrected chi connectivity index (χ1v) is 7.45. The minimum Gasteiger partial charge on any atom is -0.359 e. The number of nitrogens with one attached hydrogen (secondary N) is 1. The molecule has 0 saturated carbocycles. The quantitative estimate of drug-likeness (QED) is 0.780. The minimum absolute atomic E-state index is 0.657. The molecule has 4 nitrogen and oxygen atoms in total. The van der Waals surface area contributed by atoms with Crippen molar-refractivity contribution in [2.24, 2.45) is 0 Å². The smallest absolute Gasteiger partial charge is 0.156 e. The van der Waals surface area contributed by atoms with Crippen LogP contribution in [0, 0.1) is 6.92 Å². The number of aryl methyl sites for hydroxylation is 1. The number of nitrogens with zero attached hydrogens (tertiary/aromatic N) is 2. The zero-order valence-corrected chi connectivity index (χ0v) is 12.9. The van der Waals surface area contributed by atoms with E-state index in [1.807, 2.05) is 25.1 Å². The molecule has 3 rings (SSSR count). The molecule has 110 valence electrons. The average Bonchev–Trinajstić information content (AvgIpc) is 3.01. The molecule has 0 aliphatic rings. The zero-order chi connectivity index (χ0) is 14.8. The third kappa shape index (κ3) is 2.96. The Morgan fingerprint density at radius 1 is 1.33 bits per heavy atom. The maximum atomic E-state index is 6.15. The topological polar surface area (TPSA) is 43.0 Å². The lowest BCUT2D eigenvalue weighted by atomic mass is 10.2. The third-order valence-electron chi connectivity index (χ3n) is 3.50. The van der Waals surface area contributed by atoms with E-state index in [4.69, 9.17) is 16.1 Å². The third-order valence-corrected chi connectivity index (χ3v) is 3.73. The van der Waals surface area contributed by atoms with Gasteiger partial charge in [0, 0.05) is 29.2 Å². The SMILES string of the molecule is CCNCc1cn(Cc2cc(C)no2)c2cc(Cl)ccc12. The summed E-state index contributed by atoms with van der Waals surface area (Å²) < 4.78 is 7.48. The summed E-state index contributed by atoms with van der Waals surface area (Å²) in [6.45, 7) is 6.48. The first-order valence-electron chi connectivity index (χ1n) is 7.07. The Morgan fingerprint density at radius 3 is 2.90 bits per heavy atom. The molecule has 0 saturated heterocycles. The molecular weight excluding hydrogens is 286 g/mol. The molecule has 2 aromatic heterocycles. The normalized spacial score (nSPS) is 11.4. The van der Waals surface area contributed by atoms with Crippen LogP contribution >= 0.6 is 11.6 Å². The number of benzene rings is 1. The van der Waals surface area contributed by atoms with E-state index in [9.17, 15) is 0 Å². The van der Waals surface area contributed by atoms with Gasteiger partial charge in [-0.1, -0.05) is 29.7 Å². The van der Waals surface area contributed by atoms with E-state index >= 15 is 0 Å². The zero-order valence-electron chi connectivity index (χ0n) is 12.2. The molecule has 21 heavy (non-hydrogen) atoms. The molecule has 0 radical (unpaired) electrons. The molecule has 2 heterocycles. The fourth-order valence-electron chi connectivity index (χ4n) is 2.53. The number of aromatic nitrogens is 2. The Kier molecular flexibility index (Phi) is 3.99. The Hall–Kier alpha value is -1.78. The van der Waals surface area contributed by atoms with Crippen LogP contribution in [0.1, 0.15) is 23.9 Å². The number of halogens is 1. The van der Waals surface area contributed by atoms with Gasteiger partial charge in [0.15, 0.2) is 5.76 Å². The van der Waals surface area contributed by atoms with Gasteiger partial charge in [0.2, 0.25) is 0 Å². The van der Waals surface area contributed by atoms with E-state index in [0.717, 1.165) is 35.1 Å². The van der Waals surface area contributed by atoms with Crippen LogP contribution in [0.4, 0.5) is 0 Å². The van der Waals surface area contributed by atoms with Crippen LogP contribution in [0.25, 0.3) is 10.9 Å². The van der Waals surface area contributed by atoms with E-state index in [2.05, 4.69) is 34.2 Å². The van der Waals surface area contributed by atoms with Crippen molar-refractivity contribution in [2.45, 2.75) is 26.9 Å². The van der Waals surface area contributed by atoms with E-state index in [0.29, 0.717) is 6.54 Å². The number of rotatable bonds is 5. The van der Waals surface area contributed by atoms with Crippen LogP contribution in [-0.2, 0) is 13.1 Å². The molecule has 5 heteroatoms. The van der Waals surface area contributed by atoms with Gasteiger partial charge in [-0.3, -0.25) is 0 Å².